The van der Waals surface area contributed by atoms with Gasteiger partial charge in [-0.3, -0.25) is 4.90 Å². The summed E-state index contributed by atoms with van der Waals surface area (Å²) < 4.78 is 3.33. The molecule has 1 aromatic carbocycles. The van der Waals surface area contributed by atoms with Crippen molar-refractivity contribution in [1.29, 1.82) is 0 Å². The lowest BCUT2D eigenvalue weighted by molar-refractivity contribution is 0.230. The van der Waals surface area contributed by atoms with Crippen LogP contribution in [0.15, 0.2) is 47.1 Å². The number of piperazine rings is 1. The van der Waals surface area contributed by atoms with Crippen LogP contribution in [0.5, 0.6) is 0 Å². The molecule has 2 aromatic heterocycles. The third kappa shape index (κ3) is 3.11. The summed E-state index contributed by atoms with van der Waals surface area (Å²) in [5.74, 6) is 0. The summed E-state index contributed by atoms with van der Waals surface area (Å²) in [7, 11) is 0. The molecule has 0 amide bonds. The second-order valence-electron chi connectivity index (χ2n) is 6.37. The number of nitrogens with one attached hydrogen (secondary N) is 1. The van der Waals surface area contributed by atoms with Crippen LogP contribution in [0.25, 0.3) is 16.9 Å². The lowest BCUT2D eigenvalue weighted by Crippen LogP contribution is -2.43. The first-order valence-electron chi connectivity index (χ1n) is 8.37. The molecule has 0 aliphatic carbocycles. The standard InChI is InChI=1S/C19H21BrN4/c1-14-6-9-24-17(13-23-10-7-21-8-11-23)19(22-18(24)12-14)15-2-4-16(20)5-3-15/h2-6,9,12,21H,7-8,10-11,13H2,1H3. The van der Waals surface area contributed by atoms with Gasteiger partial charge in [-0.25, -0.2) is 4.98 Å². The molecule has 1 fully saturated rings. The van der Waals surface area contributed by atoms with Gasteiger partial charge < -0.3 is 9.72 Å². The van der Waals surface area contributed by atoms with Crippen molar-refractivity contribution in [3.63, 3.8) is 0 Å². The van der Waals surface area contributed by atoms with E-state index in [4.69, 9.17) is 4.98 Å². The van der Waals surface area contributed by atoms with Crippen LogP contribution in [0, 0.1) is 6.92 Å². The number of pyridine rings is 1. The molecule has 1 saturated heterocycles. The van der Waals surface area contributed by atoms with Crippen LogP contribution in [-0.4, -0.2) is 40.5 Å². The highest BCUT2D eigenvalue weighted by Crippen LogP contribution is 2.27. The zero-order chi connectivity index (χ0) is 16.5. The van der Waals surface area contributed by atoms with Crippen LogP contribution in [0.4, 0.5) is 0 Å². The zero-order valence-electron chi connectivity index (χ0n) is 13.8. The average molecular weight is 385 g/mol. The van der Waals surface area contributed by atoms with E-state index in [2.05, 4.69) is 80.1 Å². The van der Waals surface area contributed by atoms with Crippen molar-refractivity contribution in [2.75, 3.05) is 26.2 Å². The molecule has 3 aromatic rings. The maximum atomic E-state index is 4.94. The molecule has 124 valence electrons. The van der Waals surface area contributed by atoms with E-state index in [0.29, 0.717) is 0 Å². The van der Waals surface area contributed by atoms with Crippen LogP contribution in [-0.2, 0) is 6.54 Å². The number of hydrogen-bond acceptors (Lipinski definition) is 3. The highest BCUT2D eigenvalue weighted by molar-refractivity contribution is 9.10. The Bertz CT molecular complexity index is 848. The van der Waals surface area contributed by atoms with Gasteiger partial charge in [0.2, 0.25) is 0 Å². The van der Waals surface area contributed by atoms with E-state index in [1.165, 1.54) is 16.8 Å². The lowest BCUT2D eigenvalue weighted by atomic mass is 10.1. The molecule has 0 spiro atoms. The molecule has 5 heteroatoms. The molecular formula is C19H21BrN4. The number of aryl methyl sites for hydroxylation is 1. The van der Waals surface area contributed by atoms with Gasteiger partial charge >= 0.3 is 0 Å². The second kappa shape index (κ2) is 6.67. The predicted molar refractivity (Wildman–Crippen MR) is 101 cm³/mol. The van der Waals surface area contributed by atoms with Crippen molar-refractivity contribution in [2.24, 2.45) is 0 Å². The van der Waals surface area contributed by atoms with Crippen LogP contribution in [0.3, 0.4) is 0 Å². The molecule has 1 N–H and O–H groups in total. The molecule has 3 heterocycles. The molecule has 0 bridgehead atoms. The maximum Gasteiger partial charge on any atom is 0.137 e. The maximum absolute atomic E-state index is 4.94. The summed E-state index contributed by atoms with van der Waals surface area (Å²) in [6.07, 6.45) is 2.15. The third-order valence-corrected chi connectivity index (χ3v) is 5.11. The number of rotatable bonds is 3. The average Bonchev–Trinajstić information content (AvgIpc) is 2.94. The van der Waals surface area contributed by atoms with E-state index in [0.717, 1.165) is 48.5 Å². The Morgan fingerprint density at radius 3 is 2.62 bits per heavy atom. The Morgan fingerprint density at radius 2 is 1.88 bits per heavy atom. The van der Waals surface area contributed by atoms with Gasteiger partial charge in [0.05, 0.1) is 11.4 Å². The highest BCUT2D eigenvalue weighted by atomic mass is 79.9. The Hall–Kier alpha value is -1.69. The first-order valence-corrected chi connectivity index (χ1v) is 9.16. The number of nitrogens with zero attached hydrogens (tertiary/aromatic N) is 3. The summed E-state index contributed by atoms with van der Waals surface area (Å²) in [5, 5.41) is 3.42. The molecule has 4 rings (SSSR count). The first-order chi connectivity index (χ1) is 11.7. The number of benzene rings is 1. The Morgan fingerprint density at radius 1 is 1.12 bits per heavy atom. The van der Waals surface area contributed by atoms with E-state index >= 15 is 0 Å². The van der Waals surface area contributed by atoms with E-state index in [-0.39, 0.29) is 0 Å². The van der Waals surface area contributed by atoms with Gasteiger partial charge in [0, 0.05) is 49.0 Å². The fourth-order valence-electron chi connectivity index (χ4n) is 3.27. The molecule has 4 nitrogen and oxygen atoms in total. The Labute approximate surface area is 150 Å². The SMILES string of the molecule is Cc1ccn2c(CN3CCNCC3)c(-c3ccc(Br)cc3)nc2c1. The predicted octanol–water partition coefficient (Wildman–Crippen LogP) is 3.48. The molecule has 1 aliphatic heterocycles. The van der Waals surface area contributed by atoms with Crippen molar-refractivity contribution < 1.29 is 0 Å². The van der Waals surface area contributed by atoms with Crippen molar-refractivity contribution in [3.8, 4) is 11.3 Å². The molecule has 0 radical (unpaired) electrons. The quantitative estimate of drug-likeness (QED) is 0.750. The van der Waals surface area contributed by atoms with Crippen LogP contribution < -0.4 is 5.32 Å². The number of halogens is 1. The van der Waals surface area contributed by atoms with Gasteiger partial charge in [-0.1, -0.05) is 28.1 Å². The first kappa shape index (κ1) is 15.8. The zero-order valence-corrected chi connectivity index (χ0v) is 15.4. The summed E-state index contributed by atoms with van der Waals surface area (Å²) in [5.41, 5.74) is 5.80. The van der Waals surface area contributed by atoms with Crippen molar-refractivity contribution >= 4 is 21.6 Å². The van der Waals surface area contributed by atoms with Gasteiger partial charge in [-0.15, -0.1) is 0 Å². The molecule has 0 atom stereocenters. The fraction of sp³-hybridized carbons (Fsp3) is 0.316. The van der Waals surface area contributed by atoms with Crippen molar-refractivity contribution in [1.82, 2.24) is 19.6 Å². The molecule has 24 heavy (non-hydrogen) atoms. The van der Waals surface area contributed by atoms with Crippen LogP contribution >= 0.6 is 15.9 Å². The Balaban J connectivity index is 1.81. The number of aromatic nitrogens is 2. The van der Waals surface area contributed by atoms with E-state index in [1.54, 1.807) is 0 Å². The summed E-state index contributed by atoms with van der Waals surface area (Å²) in [4.78, 5) is 7.45. The van der Waals surface area contributed by atoms with E-state index < -0.39 is 0 Å². The fourth-order valence-corrected chi connectivity index (χ4v) is 3.53. The largest absolute Gasteiger partial charge is 0.314 e. The minimum absolute atomic E-state index is 0.928. The monoisotopic (exact) mass is 384 g/mol. The van der Waals surface area contributed by atoms with Crippen LogP contribution in [0.1, 0.15) is 11.3 Å². The summed E-state index contributed by atoms with van der Waals surface area (Å²) in [6, 6.07) is 12.8. The molecule has 0 unspecified atom stereocenters. The van der Waals surface area contributed by atoms with Crippen LogP contribution in [0.2, 0.25) is 0 Å². The second-order valence-corrected chi connectivity index (χ2v) is 7.29. The lowest BCUT2D eigenvalue weighted by Gasteiger charge is -2.27. The van der Waals surface area contributed by atoms with Gasteiger partial charge in [0.15, 0.2) is 0 Å². The van der Waals surface area contributed by atoms with Crippen molar-refractivity contribution in [2.45, 2.75) is 13.5 Å². The van der Waals surface area contributed by atoms with E-state index in [1.807, 2.05) is 0 Å². The summed E-state index contributed by atoms with van der Waals surface area (Å²) in [6.45, 7) is 7.33. The smallest absolute Gasteiger partial charge is 0.137 e. The van der Waals surface area contributed by atoms with Gasteiger partial charge in [0.1, 0.15) is 5.65 Å². The number of hydrogen-bond donors (Lipinski definition) is 1. The van der Waals surface area contributed by atoms with E-state index in [9.17, 15) is 0 Å². The minimum atomic E-state index is 0.928. The topological polar surface area (TPSA) is 32.6 Å². The Kier molecular flexibility index (Phi) is 4.39. The number of fused-ring (bicyclic) bond motifs is 1. The molecular weight excluding hydrogens is 364 g/mol. The van der Waals surface area contributed by atoms with Gasteiger partial charge in [-0.05, 0) is 36.8 Å². The molecule has 0 saturated carbocycles. The highest BCUT2D eigenvalue weighted by Gasteiger charge is 2.18. The number of imidazole rings is 1. The van der Waals surface area contributed by atoms with Crippen molar-refractivity contribution in [3.05, 3.63) is 58.3 Å². The normalized spacial score (nSPS) is 15.9. The minimum Gasteiger partial charge on any atom is -0.314 e. The molecule has 1 aliphatic rings. The summed E-state index contributed by atoms with van der Waals surface area (Å²) >= 11 is 3.52. The van der Waals surface area contributed by atoms with Gasteiger partial charge in [-0.2, -0.15) is 0 Å². The third-order valence-electron chi connectivity index (χ3n) is 4.58. The van der Waals surface area contributed by atoms with Gasteiger partial charge in [0.25, 0.3) is 0 Å².